The molecule has 0 bridgehead atoms. The van der Waals surface area contributed by atoms with E-state index in [1.807, 2.05) is 18.2 Å². The van der Waals surface area contributed by atoms with Crippen LogP contribution in [-0.4, -0.2) is 22.8 Å². The van der Waals surface area contributed by atoms with Crippen LogP contribution in [0.15, 0.2) is 53.1 Å². The van der Waals surface area contributed by atoms with E-state index in [4.69, 9.17) is 10.2 Å². The van der Waals surface area contributed by atoms with E-state index in [-0.39, 0.29) is 5.91 Å². The maximum Gasteiger partial charge on any atom is 0.289 e. The van der Waals surface area contributed by atoms with Crippen molar-refractivity contribution in [1.29, 1.82) is 0 Å². The van der Waals surface area contributed by atoms with Gasteiger partial charge in [-0.25, -0.2) is 0 Å². The Morgan fingerprint density at radius 3 is 2.90 bits per heavy atom. The number of furan rings is 1. The highest BCUT2D eigenvalue weighted by Gasteiger charge is 2.17. The molecule has 0 fully saturated rings. The van der Waals surface area contributed by atoms with Gasteiger partial charge in [0.25, 0.3) is 5.91 Å². The van der Waals surface area contributed by atoms with Gasteiger partial charge in [0.05, 0.1) is 12.2 Å². The first kappa shape index (κ1) is 13.2. The molecule has 0 radical (unpaired) electrons. The molecule has 0 atom stereocenters. The van der Waals surface area contributed by atoms with Gasteiger partial charge in [0, 0.05) is 24.3 Å². The number of nitrogens with two attached hydrogens (primary N) is 1. The molecular weight excluding hydrogens is 266 g/mol. The van der Waals surface area contributed by atoms with Gasteiger partial charge in [-0.05, 0) is 36.4 Å². The molecule has 106 valence electrons. The number of rotatable bonds is 3. The second-order valence-corrected chi connectivity index (χ2v) is 4.89. The molecule has 0 saturated heterocycles. The summed E-state index contributed by atoms with van der Waals surface area (Å²) in [5, 5.41) is 0.824. The Hall–Kier alpha value is -2.82. The largest absolute Gasteiger partial charge is 0.451 e. The van der Waals surface area contributed by atoms with Crippen molar-refractivity contribution in [3.63, 3.8) is 0 Å². The highest BCUT2D eigenvalue weighted by atomic mass is 16.3. The summed E-state index contributed by atoms with van der Waals surface area (Å²) in [6, 6.07) is 12.6. The second-order valence-electron chi connectivity index (χ2n) is 4.89. The van der Waals surface area contributed by atoms with Crippen molar-refractivity contribution in [1.82, 2.24) is 9.88 Å². The molecule has 0 saturated carbocycles. The smallest absolute Gasteiger partial charge is 0.289 e. The summed E-state index contributed by atoms with van der Waals surface area (Å²) in [6.07, 6.45) is 1.71. The molecule has 5 heteroatoms. The summed E-state index contributed by atoms with van der Waals surface area (Å²) >= 11 is 0. The van der Waals surface area contributed by atoms with Crippen molar-refractivity contribution in [3.8, 4) is 0 Å². The van der Waals surface area contributed by atoms with E-state index in [0.717, 1.165) is 11.1 Å². The highest BCUT2D eigenvalue weighted by molar-refractivity contribution is 5.96. The van der Waals surface area contributed by atoms with Crippen LogP contribution < -0.4 is 5.73 Å². The predicted molar refractivity (Wildman–Crippen MR) is 80.7 cm³/mol. The quantitative estimate of drug-likeness (QED) is 0.749. The van der Waals surface area contributed by atoms with Gasteiger partial charge in [0.2, 0.25) is 0 Å². The van der Waals surface area contributed by atoms with Gasteiger partial charge >= 0.3 is 0 Å². The SMILES string of the molecule is CN(Cc1ccccn1)C(=O)c1cc2cc(N)ccc2o1. The lowest BCUT2D eigenvalue weighted by Gasteiger charge is -2.14. The maximum absolute atomic E-state index is 12.4. The van der Waals surface area contributed by atoms with Crippen LogP contribution in [0.5, 0.6) is 0 Å². The van der Waals surface area contributed by atoms with Gasteiger partial charge < -0.3 is 15.1 Å². The Bertz CT molecular complexity index is 781. The van der Waals surface area contributed by atoms with E-state index < -0.39 is 0 Å². The van der Waals surface area contributed by atoms with E-state index in [0.29, 0.717) is 23.6 Å². The first-order chi connectivity index (χ1) is 10.1. The Balaban J connectivity index is 1.82. The average molecular weight is 281 g/mol. The van der Waals surface area contributed by atoms with Gasteiger partial charge in [-0.1, -0.05) is 6.07 Å². The lowest BCUT2D eigenvalue weighted by Crippen LogP contribution is -2.26. The molecule has 2 N–H and O–H groups in total. The minimum Gasteiger partial charge on any atom is -0.451 e. The van der Waals surface area contributed by atoms with Gasteiger partial charge in [0.1, 0.15) is 5.58 Å². The van der Waals surface area contributed by atoms with Crippen molar-refractivity contribution in [2.75, 3.05) is 12.8 Å². The Kier molecular flexibility index (Phi) is 3.31. The fraction of sp³-hybridized carbons (Fsp3) is 0.125. The highest BCUT2D eigenvalue weighted by Crippen LogP contribution is 2.22. The van der Waals surface area contributed by atoms with Crippen molar-refractivity contribution in [2.24, 2.45) is 0 Å². The number of carbonyl (C=O) groups is 1. The summed E-state index contributed by atoms with van der Waals surface area (Å²) < 4.78 is 5.58. The summed E-state index contributed by atoms with van der Waals surface area (Å²) in [7, 11) is 1.72. The number of amides is 1. The number of benzene rings is 1. The molecule has 1 amide bonds. The molecule has 2 aromatic heterocycles. The van der Waals surface area contributed by atoms with Crippen LogP contribution in [0.2, 0.25) is 0 Å². The lowest BCUT2D eigenvalue weighted by molar-refractivity contribution is 0.0754. The summed E-state index contributed by atoms with van der Waals surface area (Å²) in [6.45, 7) is 0.429. The first-order valence-corrected chi connectivity index (χ1v) is 6.58. The maximum atomic E-state index is 12.4. The summed E-state index contributed by atoms with van der Waals surface area (Å²) in [5.41, 5.74) is 7.85. The first-order valence-electron chi connectivity index (χ1n) is 6.58. The topological polar surface area (TPSA) is 72.4 Å². The number of nitrogen functional groups attached to an aromatic ring is 1. The number of aromatic nitrogens is 1. The zero-order valence-electron chi connectivity index (χ0n) is 11.6. The number of fused-ring (bicyclic) bond motifs is 1. The molecule has 0 spiro atoms. The van der Waals surface area contributed by atoms with E-state index in [1.165, 1.54) is 0 Å². The third-order valence-corrected chi connectivity index (χ3v) is 3.22. The fourth-order valence-electron chi connectivity index (χ4n) is 2.16. The molecule has 0 aliphatic carbocycles. The Labute approximate surface area is 122 Å². The molecular formula is C16H15N3O2. The fourth-order valence-corrected chi connectivity index (χ4v) is 2.16. The van der Waals surface area contributed by atoms with Crippen LogP contribution in [0.3, 0.4) is 0 Å². The van der Waals surface area contributed by atoms with Crippen molar-refractivity contribution < 1.29 is 9.21 Å². The van der Waals surface area contributed by atoms with Gasteiger partial charge in [-0.3, -0.25) is 9.78 Å². The predicted octanol–water partition coefficient (Wildman–Crippen LogP) is 2.68. The van der Waals surface area contributed by atoms with E-state index in [2.05, 4.69) is 4.98 Å². The molecule has 0 aliphatic heterocycles. The van der Waals surface area contributed by atoms with Gasteiger partial charge in [-0.2, -0.15) is 0 Å². The van der Waals surface area contributed by atoms with E-state index >= 15 is 0 Å². The average Bonchev–Trinajstić information content (AvgIpc) is 2.90. The molecule has 1 aromatic carbocycles. The standard InChI is InChI=1S/C16H15N3O2/c1-19(10-13-4-2-3-7-18-13)16(20)15-9-11-8-12(17)5-6-14(11)21-15/h2-9H,10,17H2,1H3. The summed E-state index contributed by atoms with van der Waals surface area (Å²) in [5.74, 6) is 0.115. The Morgan fingerprint density at radius 1 is 1.29 bits per heavy atom. The zero-order chi connectivity index (χ0) is 14.8. The van der Waals surface area contributed by atoms with E-state index in [1.54, 1.807) is 42.4 Å². The molecule has 3 aromatic rings. The molecule has 21 heavy (non-hydrogen) atoms. The molecule has 0 aliphatic rings. The summed E-state index contributed by atoms with van der Waals surface area (Å²) in [4.78, 5) is 18.2. The molecule has 3 rings (SSSR count). The number of anilines is 1. The normalized spacial score (nSPS) is 10.7. The number of hydrogen-bond acceptors (Lipinski definition) is 4. The van der Waals surface area contributed by atoms with Gasteiger partial charge in [0.15, 0.2) is 5.76 Å². The zero-order valence-corrected chi connectivity index (χ0v) is 11.6. The third kappa shape index (κ3) is 2.72. The number of hydrogen-bond donors (Lipinski definition) is 1. The molecule has 2 heterocycles. The number of pyridine rings is 1. The van der Waals surface area contributed by atoms with Crippen LogP contribution in [-0.2, 0) is 6.54 Å². The minimum absolute atomic E-state index is 0.185. The second kappa shape index (κ2) is 5.28. The van der Waals surface area contributed by atoms with Gasteiger partial charge in [-0.15, -0.1) is 0 Å². The van der Waals surface area contributed by atoms with Crippen LogP contribution in [0.25, 0.3) is 11.0 Å². The number of nitrogens with zero attached hydrogens (tertiary/aromatic N) is 2. The van der Waals surface area contributed by atoms with Crippen LogP contribution in [0, 0.1) is 0 Å². The van der Waals surface area contributed by atoms with Crippen molar-refractivity contribution >= 4 is 22.6 Å². The van der Waals surface area contributed by atoms with Crippen LogP contribution in [0.4, 0.5) is 5.69 Å². The molecule has 0 unspecified atom stereocenters. The lowest BCUT2D eigenvalue weighted by atomic mass is 10.2. The third-order valence-electron chi connectivity index (χ3n) is 3.22. The Morgan fingerprint density at radius 2 is 2.14 bits per heavy atom. The van der Waals surface area contributed by atoms with Crippen molar-refractivity contribution in [2.45, 2.75) is 6.54 Å². The van der Waals surface area contributed by atoms with Crippen LogP contribution >= 0.6 is 0 Å². The van der Waals surface area contributed by atoms with Crippen molar-refractivity contribution in [3.05, 3.63) is 60.1 Å². The minimum atomic E-state index is -0.185. The number of carbonyl (C=O) groups excluding carboxylic acids is 1. The van der Waals surface area contributed by atoms with E-state index in [9.17, 15) is 4.79 Å². The monoisotopic (exact) mass is 281 g/mol. The van der Waals surface area contributed by atoms with Crippen LogP contribution in [0.1, 0.15) is 16.2 Å². The molecule has 5 nitrogen and oxygen atoms in total.